The molecule has 1 aromatic heterocycles. The number of pyridine rings is 1. The lowest BCUT2D eigenvalue weighted by Gasteiger charge is -2.12. The molecule has 3 aromatic rings. The van der Waals surface area contributed by atoms with Crippen LogP contribution in [0.25, 0.3) is 10.9 Å². The lowest BCUT2D eigenvalue weighted by Crippen LogP contribution is -2.20. The van der Waals surface area contributed by atoms with Crippen LogP contribution in [0.2, 0.25) is 0 Å². The summed E-state index contributed by atoms with van der Waals surface area (Å²) in [5.41, 5.74) is 1.58. The number of rotatable bonds is 4. The first-order valence-electron chi connectivity index (χ1n) is 9.76. The first kappa shape index (κ1) is 20.9. The molecule has 160 valence electrons. The molecule has 0 saturated carbocycles. The molecule has 0 atom stereocenters. The quantitative estimate of drug-likeness (QED) is 0.667. The predicted octanol–water partition coefficient (Wildman–Crippen LogP) is 3.75. The molecule has 1 aliphatic heterocycles. The van der Waals surface area contributed by atoms with E-state index in [1.807, 2.05) is 11.9 Å². The van der Waals surface area contributed by atoms with E-state index in [0.717, 1.165) is 13.0 Å². The highest BCUT2D eigenvalue weighted by atomic mass is 32.2. The fourth-order valence-electron chi connectivity index (χ4n) is 3.56. The number of likely N-dealkylation sites (tertiary alicyclic amines) is 1. The van der Waals surface area contributed by atoms with Gasteiger partial charge in [-0.3, -0.25) is 9.78 Å². The van der Waals surface area contributed by atoms with Crippen molar-refractivity contribution in [3.63, 3.8) is 0 Å². The number of benzene rings is 2. The van der Waals surface area contributed by atoms with Crippen molar-refractivity contribution >= 4 is 38.4 Å². The van der Waals surface area contributed by atoms with Crippen LogP contribution in [0.1, 0.15) is 28.9 Å². The first-order chi connectivity index (χ1) is 14.7. The smallest absolute Gasteiger partial charge is 0.284 e. The Morgan fingerprint density at radius 2 is 2.00 bits per heavy atom. The van der Waals surface area contributed by atoms with Crippen LogP contribution in [0.4, 0.5) is 10.1 Å². The minimum absolute atomic E-state index is 0.00376. The molecule has 0 radical (unpaired) electrons. The lowest BCUT2D eigenvalue weighted by molar-refractivity contribution is 0.102. The lowest BCUT2D eigenvalue weighted by atomic mass is 10.1. The highest BCUT2D eigenvalue weighted by molar-refractivity contribution is 7.90. The molecule has 0 unspecified atom stereocenters. The number of aryl methyl sites for hydroxylation is 1. The van der Waals surface area contributed by atoms with E-state index in [1.54, 1.807) is 25.1 Å². The maximum absolute atomic E-state index is 13.6. The van der Waals surface area contributed by atoms with Crippen LogP contribution in [0.3, 0.4) is 0 Å². The summed E-state index contributed by atoms with van der Waals surface area (Å²) in [5.74, 6) is -0.358. The maximum atomic E-state index is 13.6. The number of sulfonamides is 1. The zero-order chi connectivity index (χ0) is 22.2. The largest absolute Gasteiger partial charge is 0.362 e. The van der Waals surface area contributed by atoms with Crippen LogP contribution >= 0.6 is 0 Å². The molecule has 31 heavy (non-hydrogen) atoms. The fraction of sp³-hybridized carbons (Fsp3) is 0.227. The third kappa shape index (κ3) is 4.41. The molecule has 9 heteroatoms. The summed E-state index contributed by atoms with van der Waals surface area (Å²) in [6, 6.07) is 11.6. The molecule has 2 heterocycles. The van der Waals surface area contributed by atoms with Crippen molar-refractivity contribution in [1.82, 2.24) is 9.88 Å². The van der Waals surface area contributed by atoms with Gasteiger partial charge in [-0.15, -0.1) is 4.40 Å². The van der Waals surface area contributed by atoms with Crippen molar-refractivity contribution in [3.8, 4) is 0 Å². The molecular weight excluding hydrogens is 419 g/mol. The van der Waals surface area contributed by atoms with Crippen LogP contribution in [-0.4, -0.2) is 43.6 Å². The zero-order valence-corrected chi connectivity index (χ0v) is 17.9. The van der Waals surface area contributed by atoms with E-state index < -0.39 is 21.7 Å². The second-order valence-corrected chi connectivity index (χ2v) is 9.07. The Morgan fingerprint density at radius 1 is 1.19 bits per heavy atom. The second-order valence-electron chi connectivity index (χ2n) is 7.46. The molecule has 4 rings (SSSR count). The standard InChI is InChI=1S/C22H21FN4O3S/c1-14-11-19(18-9-8-15(23)12-20(18)24-14)22(28)25-16-5-3-6-17(13-16)31(29,30)26-21-7-4-10-27(21)2/h3,5-6,8-9,11-13H,4,7,10H2,1-2H3,(H,25,28). The van der Waals surface area contributed by atoms with Gasteiger partial charge in [0.2, 0.25) is 0 Å². The Labute approximate surface area is 179 Å². The number of carbonyl (C=O) groups excluding carboxylic acids is 1. The first-order valence-corrected chi connectivity index (χ1v) is 11.2. The number of fused-ring (bicyclic) bond motifs is 1. The zero-order valence-electron chi connectivity index (χ0n) is 17.1. The summed E-state index contributed by atoms with van der Waals surface area (Å²) in [7, 11) is -2.09. The number of amidine groups is 1. The molecular formula is C22H21FN4O3S. The molecule has 7 nitrogen and oxygen atoms in total. The summed E-state index contributed by atoms with van der Waals surface area (Å²) >= 11 is 0. The SMILES string of the molecule is Cc1cc(C(=O)Nc2cccc(S(=O)(=O)N=C3CCCN3C)c2)c2ccc(F)cc2n1. The van der Waals surface area contributed by atoms with Gasteiger partial charge < -0.3 is 10.2 Å². The van der Waals surface area contributed by atoms with Crippen LogP contribution in [0.15, 0.2) is 57.8 Å². The van der Waals surface area contributed by atoms with E-state index in [-0.39, 0.29) is 4.90 Å². The molecule has 0 bridgehead atoms. The second kappa shape index (κ2) is 8.07. The number of halogens is 1. The van der Waals surface area contributed by atoms with E-state index in [0.29, 0.717) is 40.1 Å². The van der Waals surface area contributed by atoms with Crippen LogP contribution < -0.4 is 5.32 Å². The molecule has 1 N–H and O–H groups in total. The van der Waals surface area contributed by atoms with E-state index >= 15 is 0 Å². The van der Waals surface area contributed by atoms with Crippen molar-refractivity contribution < 1.29 is 17.6 Å². The summed E-state index contributed by atoms with van der Waals surface area (Å²) in [4.78, 5) is 19.0. The molecule has 0 spiro atoms. The average Bonchev–Trinajstić information content (AvgIpc) is 3.11. The summed E-state index contributed by atoms with van der Waals surface area (Å²) in [6.45, 7) is 2.49. The van der Waals surface area contributed by atoms with Gasteiger partial charge in [0, 0.05) is 42.8 Å². The third-order valence-corrected chi connectivity index (χ3v) is 6.40. The van der Waals surface area contributed by atoms with Gasteiger partial charge in [-0.25, -0.2) is 4.39 Å². The molecule has 1 fully saturated rings. The predicted molar refractivity (Wildman–Crippen MR) is 117 cm³/mol. The summed E-state index contributed by atoms with van der Waals surface area (Å²) < 4.78 is 43.0. The van der Waals surface area contributed by atoms with Gasteiger partial charge in [-0.05, 0) is 49.7 Å². The van der Waals surface area contributed by atoms with Gasteiger partial charge in [-0.1, -0.05) is 6.07 Å². The van der Waals surface area contributed by atoms with Gasteiger partial charge in [-0.2, -0.15) is 8.42 Å². The van der Waals surface area contributed by atoms with Crippen molar-refractivity contribution in [2.75, 3.05) is 18.9 Å². The van der Waals surface area contributed by atoms with Gasteiger partial charge in [0.1, 0.15) is 11.7 Å². The van der Waals surface area contributed by atoms with Crippen LogP contribution in [-0.2, 0) is 10.0 Å². The molecule has 1 aliphatic rings. The molecule has 0 aliphatic carbocycles. The van der Waals surface area contributed by atoms with E-state index in [2.05, 4.69) is 14.7 Å². The van der Waals surface area contributed by atoms with Gasteiger partial charge >= 0.3 is 0 Å². The van der Waals surface area contributed by atoms with E-state index in [9.17, 15) is 17.6 Å². The van der Waals surface area contributed by atoms with Crippen molar-refractivity contribution in [3.05, 3.63) is 65.6 Å². The Hall–Kier alpha value is -3.33. The highest BCUT2D eigenvalue weighted by Gasteiger charge is 2.21. The number of carbonyl (C=O) groups is 1. The van der Waals surface area contributed by atoms with Gasteiger partial charge in [0.15, 0.2) is 0 Å². The third-order valence-electron chi connectivity index (χ3n) is 5.09. The fourth-order valence-corrected chi connectivity index (χ4v) is 4.70. The average molecular weight is 441 g/mol. The van der Waals surface area contributed by atoms with Crippen LogP contribution in [0.5, 0.6) is 0 Å². The number of aromatic nitrogens is 1. The monoisotopic (exact) mass is 440 g/mol. The van der Waals surface area contributed by atoms with Gasteiger partial charge in [0.25, 0.3) is 15.9 Å². The normalized spacial score (nSPS) is 15.6. The molecule has 1 amide bonds. The minimum atomic E-state index is -3.90. The number of nitrogens with zero attached hydrogens (tertiary/aromatic N) is 3. The van der Waals surface area contributed by atoms with E-state index in [1.165, 1.54) is 30.3 Å². The minimum Gasteiger partial charge on any atom is -0.362 e. The Kier molecular flexibility index (Phi) is 5.45. The summed E-state index contributed by atoms with van der Waals surface area (Å²) in [6.07, 6.45) is 1.48. The summed E-state index contributed by atoms with van der Waals surface area (Å²) in [5, 5.41) is 3.23. The Morgan fingerprint density at radius 3 is 2.74 bits per heavy atom. The maximum Gasteiger partial charge on any atom is 0.284 e. The number of amides is 1. The molecule has 1 saturated heterocycles. The van der Waals surface area contributed by atoms with Crippen molar-refractivity contribution in [1.29, 1.82) is 0 Å². The Bertz CT molecular complexity index is 1320. The highest BCUT2D eigenvalue weighted by Crippen LogP contribution is 2.23. The van der Waals surface area contributed by atoms with Crippen molar-refractivity contribution in [2.24, 2.45) is 4.40 Å². The number of hydrogen-bond donors (Lipinski definition) is 1. The van der Waals surface area contributed by atoms with Gasteiger partial charge in [0.05, 0.1) is 16.0 Å². The number of hydrogen-bond acceptors (Lipinski definition) is 4. The van der Waals surface area contributed by atoms with E-state index in [4.69, 9.17) is 0 Å². The van der Waals surface area contributed by atoms with Crippen molar-refractivity contribution in [2.45, 2.75) is 24.7 Å². The Balaban J connectivity index is 1.64. The van der Waals surface area contributed by atoms with Crippen LogP contribution in [0, 0.1) is 12.7 Å². The number of anilines is 1. The molecule has 2 aromatic carbocycles. The number of nitrogens with one attached hydrogen (secondary N) is 1. The topological polar surface area (TPSA) is 91.7 Å².